The number of hydrazine groups is 1. The molecule has 0 aliphatic carbocycles. The zero-order valence-corrected chi connectivity index (χ0v) is 32.2. The van der Waals surface area contributed by atoms with Gasteiger partial charge >= 0.3 is 6.09 Å². The van der Waals surface area contributed by atoms with Gasteiger partial charge in [-0.3, -0.25) is 15.2 Å². The fourth-order valence-electron chi connectivity index (χ4n) is 5.53. The van der Waals surface area contributed by atoms with E-state index in [-0.39, 0.29) is 12.1 Å². The maximum Gasteiger partial charge on any atom is 0.408 e. The second-order valence-corrected chi connectivity index (χ2v) is 15.2. The Kier molecular flexibility index (Phi) is 15.6. The summed E-state index contributed by atoms with van der Waals surface area (Å²) in [5, 5.41) is 19.5. The van der Waals surface area contributed by atoms with E-state index in [0.717, 1.165) is 28.8 Å². The highest BCUT2D eigenvalue weighted by molar-refractivity contribution is 5.86. The van der Waals surface area contributed by atoms with Gasteiger partial charge in [-0.1, -0.05) is 95.3 Å². The summed E-state index contributed by atoms with van der Waals surface area (Å²) in [6.07, 6.45) is 2.54. The number of ether oxygens (including phenoxy) is 2. The first-order valence-electron chi connectivity index (χ1n) is 18.2. The van der Waals surface area contributed by atoms with E-state index in [1.807, 2.05) is 133 Å². The van der Waals surface area contributed by atoms with Crippen molar-refractivity contribution in [1.82, 2.24) is 26.1 Å². The first kappa shape index (κ1) is 41.6. The van der Waals surface area contributed by atoms with Crippen LogP contribution < -0.4 is 16.1 Å². The number of pyridine rings is 1. The molecule has 4 unspecified atom stereocenters. The number of carbonyl (C=O) groups excluding carboxylic acids is 2. The third kappa shape index (κ3) is 13.7. The lowest BCUT2D eigenvalue weighted by Crippen LogP contribution is -2.59. The van der Waals surface area contributed by atoms with E-state index in [0.29, 0.717) is 32.4 Å². The summed E-state index contributed by atoms with van der Waals surface area (Å²) in [7, 11) is 1.81. The highest BCUT2D eigenvalue weighted by Gasteiger charge is 2.37. The standard InChI is InChI=1S/C41H61N5O5/c1-10-40(6,7)50-26-24-41(8,11-2)51-38(49)45-36(39(3,4)5)37(48)44-34(27-30-17-13-12-14-18-30)35(47)29-46(42-9)28-31-20-22-32(23-21-31)33-19-15-16-25-43-33/h12-23,25,34-36,42,47H,10-11,24,26-29H2,1-9H3,(H,44,48)(H,45,49). The van der Waals surface area contributed by atoms with Crippen molar-refractivity contribution in [2.24, 2.45) is 5.41 Å². The fraction of sp³-hybridized carbons (Fsp3) is 0.537. The van der Waals surface area contributed by atoms with Gasteiger partial charge in [0.2, 0.25) is 5.91 Å². The molecule has 2 amide bonds. The Labute approximate surface area is 305 Å². The van der Waals surface area contributed by atoms with Gasteiger partial charge in [0.25, 0.3) is 0 Å². The van der Waals surface area contributed by atoms with Crippen LogP contribution in [0.2, 0.25) is 0 Å². The molecule has 10 heteroatoms. The molecule has 0 aliphatic heterocycles. The van der Waals surface area contributed by atoms with Gasteiger partial charge in [0.15, 0.2) is 0 Å². The van der Waals surface area contributed by atoms with Crippen molar-refractivity contribution in [3.8, 4) is 11.3 Å². The molecule has 0 radical (unpaired) electrons. The number of aliphatic hydroxyl groups is 1. The molecule has 0 saturated carbocycles. The minimum atomic E-state index is -0.947. The van der Waals surface area contributed by atoms with Crippen LogP contribution in [0.15, 0.2) is 79.0 Å². The molecule has 10 nitrogen and oxygen atoms in total. The van der Waals surface area contributed by atoms with Gasteiger partial charge in [-0.2, -0.15) is 0 Å². The third-order valence-corrected chi connectivity index (χ3v) is 9.55. The van der Waals surface area contributed by atoms with Gasteiger partial charge < -0.3 is 25.2 Å². The Balaban J connectivity index is 1.72. The summed E-state index contributed by atoms with van der Waals surface area (Å²) >= 11 is 0. The summed E-state index contributed by atoms with van der Waals surface area (Å²) in [5.74, 6) is -0.397. The van der Waals surface area contributed by atoms with Gasteiger partial charge in [-0.25, -0.2) is 9.80 Å². The van der Waals surface area contributed by atoms with Gasteiger partial charge in [0, 0.05) is 31.3 Å². The molecule has 3 aromatic rings. The summed E-state index contributed by atoms with van der Waals surface area (Å²) in [6, 6.07) is 22.2. The quantitative estimate of drug-likeness (QED) is 0.102. The van der Waals surface area contributed by atoms with Crippen LogP contribution in [0.25, 0.3) is 11.3 Å². The number of aromatic nitrogens is 1. The first-order chi connectivity index (χ1) is 24.1. The molecule has 280 valence electrons. The average Bonchev–Trinajstić information content (AvgIpc) is 3.10. The second-order valence-electron chi connectivity index (χ2n) is 15.2. The fourth-order valence-corrected chi connectivity index (χ4v) is 5.53. The van der Waals surface area contributed by atoms with Crippen molar-refractivity contribution in [2.75, 3.05) is 20.2 Å². The molecule has 4 atom stereocenters. The molecule has 1 aromatic heterocycles. The zero-order valence-electron chi connectivity index (χ0n) is 32.2. The average molecular weight is 704 g/mol. The molecule has 0 saturated heterocycles. The maximum atomic E-state index is 14.0. The normalized spacial score (nSPS) is 15.0. The maximum absolute atomic E-state index is 14.0. The summed E-state index contributed by atoms with van der Waals surface area (Å²) in [5.41, 5.74) is 5.46. The zero-order chi connectivity index (χ0) is 37.7. The van der Waals surface area contributed by atoms with Crippen molar-refractivity contribution in [2.45, 2.75) is 117 Å². The number of alkyl carbamates (subject to hydrolysis) is 1. The largest absolute Gasteiger partial charge is 0.443 e. The number of nitrogens with zero attached hydrogens (tertiary/aromatic N) is 2. The molecule has 0 fully saturated rings. The van der Waals surface area contributed by atoms with E-state index >= 15 is 0 Å². The third-order valence-electron chi connectivity index (χ3n) is 9.55. The predicted molar refractivity (Wildman–Crippen MR) is 204 cm³/mol. The summed E-state index contributed by atoms with van der Waals surface area (Å²) < 4.78 is 12.0. The molecular formula is C41H61N5O5. The number of carbonyl (C=O) groups is 2. The van der Waals surface area contributed by atoms with Crippen LogP contribution >= 0.6 is 0 Å². The Morgan fingerprint density at radius 3 is 2.10 bits per heavy atom. The van der Waals surface area contributed by atoms with Crippen LogP contribution in [-0.2, 0) is 27.2 Å². The highest BCUT2D eigenvalue weighted by Crippen LogP contribution is 2.25. The molecule has 0 aliphatic rings. The Bertz CT molecular complexity index is 1480. The summed E-state index contributed by atoms with van der Waals surface area (Å²) in [4.78, 5) is 31.8. The molecular weight excluding hydrogens is 642 g/mol. The first-order valence-corrected chi connectivity index (χ1v) is 18.2. The highest BCUT2D eigenvalue weighted by atomic mass is 16.6. The van der Waals surface area contributed by atoms with Gasteiger partial charge in [-0.15, -0.1) is 0 Å². The molecule has 51 heavy (non-hydrogen) atoms. The Hall–Kier alpha value is -3.83. The minimum absolute atomic E-state index is 0.234. The number of nitrogens with one attached hydrogen (secondary N) is 3. The molecule has 4 N–H and O–H groups in total. The van der Waals surface area contributed by atoms with Crippen LogP contribution in [-0.4, -0.2) is 76.7 Å². The van der Waals surface area contributed by atoms with Crippen LogP contribution in [0.1, 0.15) is 85.8 Å². The number of hydrogen-bond donors (Lipinski definition) is 4. The number of hydrogen-bond acceptors (Lipinski definition) is 8. The van der Waals surface area contributed by atoms with Crippen molar-refractivity contribution in [3.63, 3.8) is 0 Å². The van der Waals surface area contributed by atoms with Crippen LogP contribution in [0, 0.1) is 5.41 Å². The predicted octanol–water partition coefficient (Wildman–Crippen LogP) is 6.68. The van der Waals surface area contributed by atoms with E-state index in [1.165, 1.54) is 0 Å². The number of amides is 2. The number of benzene rings is 2. The summed E-state index contributed by atoms with van der Waals surface area (Å²) in [6.45, 7) is 16.9. The molecule has 3 rings (SSSR count). The number of aliphatic hydroxyl groups excluding tert-OH is 1. The molecule has 2 aromatic carbocycles. The van der Waals surface area contributed by atoms with Crippen LogP contribution in [0.5, 0.6) is 0 Å². The van der Waals surface area contributed by atoms with Gasteiger partial charge in [0.1, 0.15) is 11.6 Å². The van der Waals surface area contributed by atoms with Gasteiger partial charge in [0.05, 0.1) is 30.0 Å². The Morgan fingerprint density at radius 1 is 0.863 bits per heavy atom. The topological polar surface area (TPSA) is 125 Å². The van der Waals surface area contributed by atoms with Crippen molar-refractivity contribution < 1.29 is 24.2 Å². The van der Waals surface area contributed by atoms with Crippen LogP contribution in [0.3, 0.4) is 0 Å². The molecule has 0 bridgehead atoms. The molecule has 1 heterocycles. The lowest BCUT2D eigenvalue weighted by molar-refractivity contribution is -0.127. The minimum Gasteiger partial charge on any atom is -0.443 e. The Morgan fingerprint density at radius 2 is 1.53 bits per heavy atom. The van der Waals surface area contributed by atoms with Gasteiger partial charge in [-0.05, 0) is 75.8 Å². The van der Waals surface area contributed by atoms with E-state index < -0.39 is 41.2 Å². The van der Waals surface area contributed by atoms with Crippen molar-refractivity contribution in [1.29, 1.82) is 0 Å². The monoisotopic (exact) mass is 703 g/mol. The second kappa shape index (κ2) is 19.1. The van der Waals surface area contributed by atoms with E-state index in [9.17, 15) is 14.7 Å². The SMILES string of the molecule is CCC(C)(C)OCCC(C)(CC)OC(=O)NC(C(=O)NC(Cc1ccccc1)C(O)CN(Cc1ccc(-c2ccccn2)cc1)NC)C(C)(C)C. The van der Waals surface area contributed by atoms with Crippen molar-refractivity contribution >= 4 is 12.0 Å². The van der Waals surface area contributed by atoms with Crippen molar-refractivity contribution in [3.05, 3.63) is 90.1 Å². The lowest BCUT2D eigenvalue weighted by Gasteiger charge is -2.35. The van der Waals surface area contributed by atoms with E-state index in [4.69, 9.17) is 9.47 Å². The smallest absolute Gasteiger partial charge is 0.408 e. The molecule has 0 spiro atoms. The van der Waals surface area contributed by atoms with Crippen LogP contribution in [0.4, 0.5) is 4.79 Å². The lowest BCUT2D eigenvalue weighted by atomic mass is 9.85. The van der Waals surface area contributed by atoms with E-state index in [1.54, 1.807) is 6.20 Å². The van der Waals surface area contributed by atoms with E-state index in [2.05, 4.69) is 28.0 Å². The number of rotatable bonds is 19.